The van der Waals surface area contributed by atoms with Crippen molar-refractivity contribution in [1.29, 1.82) is 0 Å². The number of carboxylic acid groups (broad SMARTS) is 1. The van der Waals surface area contributed by atoms with Crippen LogP contribution in [0.25, 0.3) is 0 Å². The molecule has 0 aliphatic heterocycles. The molecular formula is C11H9ClN2O3. The molecule has 0 aliphatic rings. The standard InChI is InChI=1S/C11H9ClN2O3/c12-7-2-1-3-9(4-7)17-6-8-5-10(11(15)16)14-13-8/h1-5H,6H2,(H,13,14)(H,15,16). The first-order valence-electron chi connectivity index (χ1n) is 4.81. The van der Waals surface area contributed by atoms with Gasteiger partial charge in [-0.1, -0.05) is 17.7 Å². The molecule has 0 radical (unpaired) electrons. The highest BCUT2D eigenvalue weighted by Gasteiger charge is 2.08. The maximum atomic E-state index is 10.6. The molecule has 0 unspecified atom stereocenters. The third kappa shape index (κ3) is 2.98. The average Bonchev–Trinajstić information content (AvgIpc) is 2.75. The second-order valence-corrected chi connectivity index (χ2v) is 3.77. The summed E-state index contributed by atoms with van der Waals surface area (Å²) in [5.74, 6) is -0.459. The zero-order chi connectivity index (χ0) is 12.3. The number of nitrogens with zero attached hydrogens (tertiary/aromatic N) is 1. The highest BCUT2D eigenvalue weighted by molar-refractivity contribution is 6.30. The van der Waals surface area contributed by atoms with E-state index in [9.17, 15) is 4.79 Å². The lowest BCUT2D eigenvalue weighted by molar-refractivity contribution is 0.0690. The number of carbonyl (C=O) groups is 1. The van der Waals surface area contributed by atoms with Gasteiger partial charge in [0.1, 0.15) is 12.4 Å². The highest BCUT2D eigenvalue weighted by atomic mass is 35.5. The second-order valence-electron chi connectivity index (χ2n) is 3.33. The van der Waals surface area contributed by atoms with Gasteiger partial charge in [0.2, 0.25) is 0 Å². The number of ether oxygens (including phenoxy) is 1. The molecule has 6 heteroatoms. The first-order chi connectivity index (χ1) is 8.15. The normalized spacial score (nSPS) is 10.2. The van der Waals surface area contributed by atoms with Gasteiger partial charge in [0.05, 0.1) is 5.69 Å². The molecule has 2 aromatic rings. The third-order valence-corrected chi connectivity index (χ3v) is 2.28. The van der Waals surface area contributed by atoms with Crippen LogP contribution in [0, 0.1) is 0 Å². The number of hydrogen-bond donors (Lipinski definition) is 2. The molecule has 1 aromatic carbocycles. The van der Waals surface area contributed by atoms with Gasteiger partial charge in [0, 0.05) is 5.02 Å². The van der Waals surface area contributed by atoms with Gasteiger partial charge in [-0.2, -0.15) is 5.10 Å². The van der Waals surface area contributed by atoms with Gasteiger partial charge in [-0.15, -0.1) is 0 Å². The van der Waals surface area contributed by atoms with Crippen molar-refractivity contribution in [3.63, 3.8) is 0 Å². The average molecular weight is 253 g/mol. The van der Waals surface area contributed by atoms with E-state index in [4.69, 9.17) is 21.4 Å². The first-order valence-corrected chi connectivity index (χ1v) is 5.19. The highest BCUT2D eigenvalue weighted by Crippen LogP contribution is 2.18. The van der Waals surface area contributed by atoms with Crippen LogP contribution in [0.2, 0.25) is 5.02 Å². The van der Waals surface area contributed by atoms with E-state index in [-0.39, 0.29) is 12.3 Å². The van der Waals surface area contributed by atoms with Gasteiger partial charge in [-0.25, -0.2) is 4.79 Å². The molecule has 88 valence electrons. The maximum Gasteiger partial charge on any atom is 0.356 e. The molecule has 0 saturated carbocycles. The van der Waals surface area contributed by atoms with E-state index in [1.54, 1.807) is 24.3 Å². The number of benzene rings is 1. The minimum absolute atomic E-state index is 0.0327. The Balaban J connectivity index is 2.00. The third-order valence-electron chi connectivity index (χ3n) is 2.04. The Kier molecular flexibility index (Phi) is 3.30. The second kappa shape index (κ2) is 4.88. The molecule has 0 saturated heterocycles. The number of aromatic carboxylic acids is 1. The summed E-state index contributed by atoms with van der Waals surface area (Å²) in [5, 5.41) is 15.5. The summed E-state index contributed by atoms with van der Waals surface area (Å²) in [6.07, 6.45) is 0. The van der Waals surface area contributed by atoms with E-state index in [0.29, 0.717) is 16.5 Å². The van der Waals surface area contributed by atoms with Crippen LogP contribution in [0.3, 0.4) is 0 Å². The Morgan fingerprint density at radius 3 is 2.94 bits per heavy atom. The number of H-pyrrole nitrogens is 1. The quantitative estimate of drug-likeness (QED) is 0.876. The van der Waals surface area contributed by atoms with Gasteiger partial charge < -0.3 is 9.84 Å². The van der Waals surface area contributed by atoms with Crippen LogP contribution < -0.4 is 4.74 Å². The Morgan fingerprint density at radius 2 is 2.29 bits per heavy atom. The van der Waals surface area contributed by atoms with Gasteiger partial charge >= 0.3 is 5.97 Å². The van der Waals surface area contributed by atoms with Crippen molar-refractivity contribution in [3.8, 4) is 5.75 Å². The molecule has 0 aliphatic carbocycles. The molecule has 0 bridgehead atoms. The Hall–Kier alpha value is -2.01. The SMILES string of the molecule is O=C(O)c1cc(COc2cccc(Cl)c2)[nH]n1. The van der Waals surface area contributed by atoms with Crippen LogP contribution in [0.15, 0.2) is 30.3 Å². The Bertz CT molecular complexity index is 539. The summed E-state index contributed by atoms with van der Waals surface area (Å²) >= 11 is 5.79. The summed E-state index contributed by atoms with van der Waals surface area (Å²) in [6.45, 7) is 0.209. The predicted octanol–water partition coefficient (Wildman–Crippen LogP) is 2.34. The summed E-state index contributed by atoms with van der Waals surface area (Å²) < 4.78 is 5.42. The molecule has 2 rings (SSSR count). The number of nitrogens with one attached hydrogen (secondary N) is 1. The lowest BCUT2D eigenvalue weighted by atomic mass is 10.3. The van der Waals surface area contributed by atoms with E-state index < -0.39 is 5.97 Å². The number of halogens is 1. The van der Waals surface area contributed by atoms with Gasteiger partial charge in [0.25, 0.3) is 0 Å². The van der Waals surface area contributed by atoms with Crippen LogP contribution in [0.1, 0.15) is 16.2 Å². The number of rotatable bonds is 4. The zero-order valence-electron chi connectivity index (χ0n) is 8.68. The van der Waals surface area contributed by atoms with E-state index in [0.717, 1.165) is 0 Å². The molecule has 2 N–H and O–H groups in total. The van der Waals surface area contributed by atoms with Crippen LogP contribution in [-0.4, -0.2) is 21.3 Å². The van der Waals surface area contributed by atoms with E-state index >= 15 is 0 Å². The minimum Gasteiger partial charge on any atom is -0.487 e. The lowest BCUT2D eigenvalue weighted by Gasteiger charge is -2.03. The smallest absolute Gasteiger partial charge is 0.356 e. The van der Waals surface area contributed by atoms with Crippen LogP contribution in [0.4, 0.5) is 0 Å². The van der Waals surface area contributed by atoms with Crippen molar-refractivity contribution >= 4 is 17.6 Å². The fraction of sp³-hybridized carbons (Fsp3) is 0.0909. The molecular weight excluding hydrogens is 244 g/mol. The molecule has 1 heterocycles. The summed E-state index contributed by atoms with van der Waals surface area (Å²) in [4.78, 5) is 10.6. The van der Waals surface area contributed by atoms with Crippen LogP contribution in [-0.2, 0) is 6.61 Å². The molecule has 1 aromatic heterocycles. The number of aromatic amines is 1. The van der Waals surface area contributed by atoms with Crippen molar-refractivity contribution in [3.05, 3.63) is 46.7 Å². The minimum atomic E-state index is -1.07. The topological polar surface area (TPSA) is 75.2 Å². The fourth-order valence-electron chi connectivity index (χ4n) is 1.26. The van der Waals surface area contributed by atoms with Crippen LogP contribution >= 0.6 is 11.6 Å². The molecule has 0 spiro atoms. The molecule has 0 fully saturated rings. The molecule has 5 nitrogen and oxygen atoms in total. The van der Waals surface area contributed by atoms with Crippen LogP contribution in [0.5, 0.6) is 5.75 Å². The summed E-state index contributed by atoms with van der Waals surface area (Å²) in [5.41, 5.74) is 0.553. The summed E-state index contributed by atoms with van der Waals surface area (Å²) in [6, 6.07) is 8.38. The van der Waals surface area contributed by atoms with Crippen molar-refractivity contribution in [1.82, 2.24) is 10.2 Å². The fourth-order valence-corrected chi connectivity index (χ4v) is 1.44. The van der Waals surface area contributed by atoms with E-state index in [1.165, 1.54) is 6.07 Å². The molecule has 0 amide bonds. The summed E-state index contributed by atoms with van der Waals surface area (Å²) in [7, 11) is 0. The van der Waals surface area contributed by atoms with Gasteiger partial charge in [-0.05, 0) is 24.3 Å². The number of hydrogen-bond acceptors (Lipinski definition) is 3. The van der Waals surface area contributed by atoms with Crippen molar-refractivity contribution < 1.29 is 14.6 Å². The van der Waals surface area contributed by atoms with Gasteiger partial charge in [0.15, 0.2) is 5.69 Å². The zero-order valence-corrected chi connectivity index (χ0v) is 9.44. The largest absolute Gasteiger partial charge is 0.487 e. The first kappa shape index (κ1) is 11.5. The Morgan fingerprint density at radius 1 is 1.47 bits per heavy atom. The molecule has 17 heavy (non-hydrogen) atoms. The van der Waals surface area contributed by atoms with Crippen molar-refractivity contribution in [2.24, 2.45) is 0 Å². The maximum absolute atomic E-state index is 10.6. The monoisotopic (exact) mass is 252 g/mol. The molecule has 0 atom stereocenters. The van der Waals surface area contributed by atoms with Gasteiger partial charge in [-0.3, -0.25) is 5.10 Å². The lowest BCUT2D eigenvalue weighted by Crippen LogP contribution is -1.96. The van der Waals surface area contributed by atoms with E-state index in [1.807, 2.05) is 0 Å². The predicted molar refractivity (Wildman–Crippen MR) is 61.3 cm³/mol. The number of carboxylic acids is 1. The van der Waals surface area contributed by atoms with Crippen molar-refractivity contribution in [2.75, 3.05) is 0 Å². The van der Waals surface area contributed by atoms with Crippen molar-refractivity contribution in [2.45, 2.75) is 6.61 Å². The number of aromatic nitrogens is 2. The van der Waals surface area contributed by atoms with E-state index in [2.05, 4.69) is 10.2 Å². The Labute approximate surface area is 102 Å².